The van der Waals surface area contributed by atoms with Crippen LogP contribution in [0.25, 0.3) is 0 Å². The van der Waals surface area contributed by atoms with Crippen LogP contribution >= 0.6 is 0 Å². The maximum Gasteiger partial charge on any atom is 0.305 e. The number of rotatable bonds is 3. The van der Waals surface area contributed by atoms with Crippen LogP contribution in [0.4, 0.5) is 8.78 Å². The van der Waals surface area contributed by atoms with Gasteiger partial charge in [-0.25, -0.2) is 0 Å². The van der Waals surface area contributed by atoms with Crippen LogP contribution in [0.15, 0.2) is 18.3 Å². The number of aromatic nitrogens is 1. The molecule has 0 spiro atoms. The van der Waals surface area contributed by atoms with E-state index in [1.165, 1.54) is 25.4 Å². The maximum absolute atomic E-state index is 13.1. The Labute approximate surface area is 74.5 Å². The van der Waals surface area contributed by atoms with Crippen LogP contribution in [0, 0.1) is 0 Å². The fraction of sp³-hybridized carbons (Fsp3) is 0.375. The molecule has 1 aromatic rings. The number of hydrogen-bond donors (Lipinski definition) is 1. The highest BCUT2D eigenvalue weighted by molar-refractivity contribution is 5.30. The average Bonchev–Trinajstić information content (AvgIpc) is 2.18. The van der Waals surface area contributed by atoms with E-state index >= 15 is 0 Å². The largest absolute Gasteiger partial charge is 0.495 e. The van der Waals surface area contributed by atoms with E-state index in [0.717, 1.165) is 0 Å². The van der Waals surface area contributed by atoms with Crippen LogP contribution in [-0.2, 0) is 5.92 Å². The molecule has 1 heterocycles. The van der Waals surface area contributed by atoms with Gasteiger partial charge < -0.3 is 10.5 Å². The van der Waals surface area contributed by atoms with Crippen molar-refractivity contribution in [2.75, 3.05) is 13.7 Å². The summed E-state index contributed by atoms with van der Waals surface area (Å²) in [6.07, 6.45) is 1.28. The van der Waals surface area contributed by atoms with Gasteiger partial charge in [-0.1, -0.05) is 0 Å². The molecule has 0 aliphatic carbocycles. The Balaban J connectivity index is 3.12. The molecule has 0 unspecified atom stereocenters. The molecular weight excluding hydrogens is 178 g/mol. The summed E-state index contributed by atoms with van der Waals surface area (Å²) in [4.78, 5) is 3.54. The number of hydrogen-bond acceptors (Lipinski definition) is 3. The zero-order chi connectivity index (χ0) is 9.90. The zero-order valence-corrected chi connectivity index (χ0v) is 7.13. The molecule has 0 bridgehead atoms. The molecule has 0 amide bonds. The van der Waals surface area contributed by atoms with Crippen molar-refractivity contribution < 1.29 is 13.5 Å². The smallest absolute Gasteiger partial charge is 0.305 e. The Morgan fingerprint density at radius 3 is 2.85 bits per heavy atom. The highest BCUT2D eigenvalue weighted by atomic mass is 19.3. The maximum atomic E-state index is 13.1. The Bertz CT molecular complexity index is 291. The van der Waals surface area contributed by atoms with E-state index in [4.69, 9.17) is 10.5 Å². The third kappa shape index (κ3) is 1.92. The molecule has 0 aromatic carbocycles. The van der Waals surface area contributed by atoms with Crippen molar-refractivity contribution in [2.24, 2.45) is 5.73 Å². The third-order valence-corrected chi connectivity index (χ3v) is 1.59. The summed E-state index contributed by atoms with van der Waals surface area (Å²) >= 11 is 0. The van der Waals surface area contributed by atoms with Crippen LogP contribution in [0.5, 0.6) is 5.75 Å². The highest BCUT2D eigenvalue weighted by Gasteiger charge is 2.34. The van der Waals surface area contributed by atoms with Crippen molar-refractivity contribution in [3.63, 3.8) is 0 Å². The van der Waals surface area contributed by atoms with Gasteiger partial charge in [-0.15, -0.1) is 0 Å². The van der Waals surface area contributed by atoms with Gasteiger partial charge in [-0.3, -0.25) is 4.98 Å². The predicted molar refractivity (Wildman–Crippen MR) is 43.7 cm³/mol. The van der Waals surface area contributed by atoms with Gasteiger partial charge in [0.15, 0.2) is 5.69 Å². The molecule has 0 saturated heterocycles. The van der Waals surface area contributed by atoms with Gasteiger partial charge in [0.05, 0.1) is 13.7 Å². The molecule has 13 heavy (non-hydrogen) atoms. The van der Waals surface area contributed by atoms with Crippen LogP contribution in [0.1, 0.15) is 5.69 Å². The average molecular weight is 188 g/mol. The summed E-state index contributed by atoms with van der Waals surface area (Å²) in [5.41, 5.74) is 4.50. The third-order valence-electron chi connectivity index (χ3n) is 1.59. The first-order valence-electron chi connectivity index (χ1n) is 3.69. The molecule has 0 aliphatic rings. The minimum Gasteiger partial charge on any atom is -0.495 e. The minimum atomic E-state index is -3.13. The second-order valence-electron chi connectivity index (χ2n) is 2.46. The Morgan fingerprint density at radius 2 is 2.31 bits per heavy atom. The van der Waals surface area contributed by atoms with E-state index in [0.29, 0.717) is 0 Å². The number of halogens is 2. The van der Waals surface area contributed by atoms with Gasteiger partial charge in [0.1, 0.15) is 5.75 Å². The summed E-state index contributed by atoms with van der Waals surface area (Å²) < 4.78 is 30.9. The quantitative estimate of drug-likeness (QED) is 0.773. The van der Waals surface area contributed by atoms with Gasteiger partial charge in [0.2, 0.25) is 0 Å². The number of ether oxygens (including phenoxy) is 1. The van der Waals surface area contributed by atoms with Crippen molar-refractivity contribution in [1.82, 2.24) is 4.98 Å². The van der Waals surface area contributed by atoms with Gasteiger partial charge in [0, 0.05) is 6.20 Å². The summed E-state index contributed by atoms with van der Waals surface area (Å²) in [5.74, 6) is -3.08. The molecule has 2 N–H and O–H groups in total. The van der Waals surface area contributed by atoms with Crippen LogP contribution < -0.4 is 10.5 Å². The van der Waals surface area contributed by atoms with Crippen molar-refractivity contribution in [3.05, 3.63) is 24.0 Å². The summed E-state index contributed by atoms with van der Waals surface area (Å²) in [5, 5.41) is 0. The molecule has 0 aliphatic heterocycles. The lowest BCUT2D eigenvalue weighted by Gasteiger charge is -2.15. The van der Waals surface area contributed by atoms with Gasteiger partial charge >= 0.3 is 5.92 Å². The second-order valence-corrected chi connectivity index (χ2v) is 2.46. The minimum absolute atomic E-state index is 0.0537. The molecule has 0 atom stereocenters. The zero-order valence-electron chi connectivity index (χ0n) is 7.13. The van der Waals surface area contributed by atoms with E-state index < -0.39 is 18.2 Å². The molecule has 5 heteroatoms. The summed E-state index contributed by atoms with van der Waals surface area (Å²) in [6, 6.07) is 2.95. The normalized spacial score (nSPS) is 11.4. The number of alkyl halides is 2. The molecule has 3 nitrogen and oxygen atoms in total. The summed E-state index contributed by atoms with van der Waals surface area (Å²) in [7, 11) is 1.31. The van der Waals surface area contributed by atoms with E-state index in [1.807, 2.05) is 0 Å². The number of methoxy groups -OCH3 is 1. The first kappa shape index (κ1) is 9.85. The first-order valence-corrected chi connectivity index (χ1v) is 3.69. The van der Waals surface area contributed by atoms with Crippen molar-refractivity contribution in [3.8, 4) is 5.75 Å². The summed E-state index contributed by atoms with van der Waals surface area (Å²) in [6.45, 7) is -0.777. The SMILES string of the molecule is COc1cccnc1C(F)(F)CN. The van der Waals surface area contributed by atoms with Crippen LogP contribution in [0.2, 0.25) is 0 Å². The van der Waals surface area contributed by atoms with Crippen molar-refractivity contribution in [1.29, 1.82) is 0 Å². The molecule has 0 saturated carbocycles. The predicted octanol–water partition coefficient (Wildman–Crippen LogP) is 1.14. The molecule has 0 radical (unpaired) electrons. The molecular formula is C8H10F2N2O. The number of nitrogens with zero attached hydrogens (tertiary/aromatic N) is 1. The Kier molecular flexibility index (Phi) is 2.77. The molecule has 0 fully saturated rings. The standard InChI is InChI=1S/C8H10F2N2O/c1-13-6-3-2-4-12-7(6)8(9,10)5-11/h2-4H,5,11H2,1H3. The lowest BCUT2D eigenvalue weighted by atomic mass is 10.2. The van der Waals surface area contributed by atoms with Crippen LogP contribution in [-0.4, -0.2) is 18.6 Å². The van der Waals surface area contributed by atoms with Gasteiger partial charge in [-0.2, -0.15) is 8.78 Å². The highest BCUT2D eigenvalue weighted by Crippen LogP contribution is 2.31. The molecule has 1 rings (SSSR count). The van der Waals surface area contributed by atoms with Crippen molar-refractivity contribution in [2.45, 2.75) is 5.92 Å². The molecule has 72 valence electrons. The van der Waals surface area contributed by atoms with Crippen molar-refractivity contribution >= 4 is 0 Å². The Hall–Kier alpha value is -1.23. The fourth-order valence-electron chi connectivity index (χ4n) is 0.927. The number of pyridine rings is 1. The second kappa shape index (κ2) is 3.66. The monoisotopic (exact) mass is 188 g/mol. The topological polar surface area (TPSA) is 48.1 Å². The van der Waals surface area contributed by atoms with E-state index in [9.17, 15) is 8.78 Å². The van der Waals surface area contributed by atoms with Crippen LogP contribution in [0.3, 0.4) is 0 Å². The lowest BCUT2D eigenvalue weighted by molar-refractivity contribution is -0.00102. The van der Waals surface area contributed by atoms with Gasteiger partial charge in [0.25, 0.3) is 0 Å². The van der Waals surface area contributed by atoms with E-state index in [-0.39, 0.29) is 5.75 Å². The Morgan fingerprint density at radius 1 is 1.62 bits per heavy atom. The number of nitrogens with two attached hydrogens (primary N) is 1. The molecule has 1 aromatic heterocycles. The first-order chi connectivity index (χ1) is 6.11. The van der Waals surface area contributed by atoms with Gasteiger partial charge in [-0.05, 0) is 12.1 Å². The lowest BCUT2D eigenvalue weighted by Crippen LogP contribution is -2.26. The fourth-order valence-corrected chi connectivity index (χ4v) is 0.927. The van der Waals surface area contributed by atoms with E-state index in [1.54, 1.807) is 0 Å². The van der Waals surface area contributed by atoms with E-state index in [2.05, 4.69) is 4.98 Å².